The van der Waals surface area contributed by atoms with Gasteiger partial charge in [-0.2, -0.15) is 16.1 Å². The van der Waals surface area contributed by atoms with E-state index < -0.39 is 0 Å². The van der Waals surface area contributed by atoms with Gasteiger partial charge in [-0.3, -0.25) is 0 Å². The van der Waals surface area contributed by atoms with Crippen molar-refractivity contribution in [2.45, 2.75) is 30.6 Å². The van der Waals surface area contributed by atoms with Gasteiger partial charge in [0.25, 0.3) is 0 Å². The summed E-state index contributed by atoms with van der Waals surface area (Å²) < 4.78 is 4.16. The lowest BCUT2D eigenvalue weighted by Gasteiger charge is -2.05. The highest BCUT2D eigenvalue weighted by molar-refractivity contribution is 7.99. The number of unbranched alkanes of at least 4 members (excludes halogenated alkanes) is 3. The number of rotatable bonds is 9. The summed E-state index contributed by atoms with van der Waals surface area (Å²) >= 11 is 5.05. The zero-order valence-corrected chi connectivity index (χ0v) is 12.9. The van der Waals surface area contributed by atoms with Gasteiger partial charge < -0.3 is 11.1 Å². The highest BCUT2D eigenvalue weighted by Crippen LogP contribution is 2.34. The van der Waals surface area contributed by atoms with Crippen LogP contribution < -0.4 is 11.1 Å². The van der Waals surface area contributed by atoms with Gasteiger partial charge in [0.15, 0.2) is 5.82 Å². The first-order valence-electron chi connectivity index (χ1n) is 5.81. The molecule has 0 saturated carbocycles. The molecule has 0 spiro atoms. The monoisotopic (exact) mass is 291 g/mol. The molecule has 0 saturated heterocycles. The minimum atomic E-state index is 0.657. The summed E-state index contributed by atoms with van der Waals surface area (Å²) in [4.78, 5) is 1.09. The van der Waals surface area contributed by atoms with Gasteiger partial charge in [-0.25, -0.2) is 0 Å². The number of nitrogens with two attached hydrogens (primary N) is 1. The lowest BCUT2D eigenvalue weighted by Crippen LogP contribution is -2.01. The summed E-state index contributed by atoms with van der Waals surface area (Å²) in [6, 6.07) is 0. The van der Waals surface area contributed by atoms with Gasteiger partial charge >= 0.3 is 0 Å². The molecule has 1 rings (SSSR count). The van der Waals surface area contributed by atoms with Crippen molar-refractivity contribution in [1.82, 2.24) is 4.37 Å². The molecule has 0 atom stereocenters. The fourth-order valence-corrected chi connectivity index (χ4v) is 3.59. The number of anilines is 2. The van der Waals surface area contributed by atoms with Gasteiger partial charge in [0.2, 0.25) is 0 Å². The lowest BCUT2D eigenvalue weighted by atomic mass is 10.2. The lowest BCUT2D eigenvalue weighted by molar-refractivity contribution is 0.689. The summed E-state index contributed by atoms with van der Waals surface area (Å²) in [6.45, 7) is 1.02. The zero-order valence-electron chi connectivity index (χ0n) is 10.5. The van der Waals surface area contributed by atoms with Crippen LogP contribution in [0.15, 0.2) is 4.90 Å². The summed E-state index contributed by atoms with van der Waals surface area (Å²) in [6.07, 6.45) is 9.40. The number of hydrogen-bond acceptors (Lipinski definition) is 6. The smallest absolute Gasteiger partial charge is 0.153 e. The van der Waals surface area contributed by atoms with Crippen molar-refractivity contribution >= 4 is 45.9 Å². The van der Waals surface area contributed by atoms with E-state index in [4.69, 9.17) is 5.73 Å². The van der Waals surface area contributed by atoms with E-state index in [1.54, 1.807) is 11.8 Å². The molecule has 0 aliphatic heterocycles. The quantitative estimate of drug-likeness (QED) is 0.535. The predicted octanol–water partition coefficient (Wildman–Crippen LogP) is 3.78. The number of thioether (sulfide) groups is 2. The number of nitrogens with zero attached hydrogens (tertiary/aromatic N) is 1. The highest BCUT2D eigenvalue weighted by Gasteiger charge is 2.09. The summed E-state index contributed by atoms with van der Waals surface area (Å²) in [5.74, 6) is 1.94. The third-order valence-corrected chi connectivity index (χ3v) is 4.91. The number of hydrogen-bond donors (Lipinski definition) is 2. The molecule has 1 aromatic heterocycles. The Balaban J connectivity index is 2.13. The molecule has 6 heteroatoms. The molecule has 0 amide bonds. The maximum atomic E-state index is 5.77. The molecule has 0 aliphatic carbocycles. The van der Waals surface area contributed by atoms with Crippen molar-refractivity contribution in [3.8, 4) is 0 Å². The van der Waals surface area contributed by atoms with E-state index in [-0.39, 0.29) is 0 Å². The number of nitrogen functional groups attached to an aromatic ring is 1. The van der Waals surface area contributed by atoms with Crippen molar-refractivity contribution in [2.24, 2.45) is 0 Å². The Hall–Kier alpha value is -0.0700. The second kappa shape index (κ2) is 8.94. The van der Waals surface area contributed by atoms with Gasteiger partial charge in [-0.1, -0.05) is 12.8 Å². The van der Waals surface area contributed by atoms with Crippen molar-refractivity contribution in [3.63, 3.8) is 0 Å². The van der Waals surface area contributed by atoms with Crippen LogP contribution in [-0.2, 0) is 0 Å². The Morgan fingerprint density at radius 2 is 2.00 bits per heavy atom. The minimum Gasteiger partial charge on any atom is -0.382 e. The molecule has 1 aromatic rings. The first-order valence-corrected chi connectivity index (χ1v) is 9.20. The first kappa shape index (κ1) is 15.0. The van der Waals surface area contributed by atoms with E-state index in [0.29, 0.717) is 5.82 Å². The molecule has 17 heavy (non-hydrogen) atoms. The van der Waals surface area contributed by atoms with Crippen LogP contribution in [-0.4, -0.2) is 29.2 Å². The van der Waals surface area contributed by atoms with E-state index >= 15 is 0 Å². The molecule has 1 heterocycles. The molecule has 0 aromatic carbocycles. The highest BCUT2D eigenvalue weighted by atomic mass is 32.2. The van der Waals surface area contributed by atoms with Gasteiger partial charge in [0, 0.05) is 6.54 Å². The Bertz CT molecular complexity index is 315. The van der Waals surface area contributed by atoms with E-state index in [9.17, 15) is 0 Å². The summed E-state index contributed by atoms with van der Waals surface area (Å²) in [5, 5.41) is 4.55. The molecule has 0 bridgehead atoms. The molecule has 0 radical (unpaired) electrons. The molecule has 0 fully saturated rings. The fraction of sp³-hybridized carbons (Fsp3) is 0.727. The van der Waals surface area contributed by atoms with Crippen LogP contribution in [0.25, 0.3) is 0 Å². The molecule has 3 nitrogen and oxygen atoms in total. The van der Waals surface area contributed by atoms with Gasteiger partial charge in [-0.05, 0) is 42.6 Å². The third-order valence-electron chi connectivity index (χ3n) is 2.44. The topological polar surface area (TPSA) is 50.9 Å². The third kappa shape index (κ3) is 5.40. The average Bonchev–Trinajstić information content (AvgIpc) is 2.69. The molecule has 3 N–H and O–H groups in total. The minimum absolute atomic E-state index is 0.657. The zero-order chi connectivity index (χ0) is 12.5. The maximum Gasteiger partial charge on any atom is 0.153 e. The molecule has 98 valence electrons. The van der Waals surface area contributed by atoms with Crippen LogP contribution >= 0.6 is 35.1 Å². The van der Waals surface area contributed by atoms with Crippen LogP contribution in [0.2, 0.25) is 0 Å². The molecule has 0 aliphatic rings. The largest absolute Gasteiger partial charge is 0.382 e. The standard InChI is InChI=1S/C11H21N3S3/c1-15-8-6-4-3-5-7-13-11-9(16-2)10(12)14-17-11/h13H,3-8H2,1-2H3,(H2,12,14). The van der Waals surface area contributed by atoms with Gasteiger partial charge in [0.05, 0.1) is 4.90 Å². The molecular weight excluding hydrogens is 270 g/mol. The first-order chi connectivity index (χ1) is 8.29. The second-order valence-corrected chi connectivity index (χ2v) is 6.34. The fourth-order valence-electron chi connectivity index (χ4n) is 1.53. The maximum absolute atomic E-state index is 5.77. The van der Waals surface area contributed by atoms with Gasteiger partial charge in [0.1, 0.15) is 5.00 Å². The van der Waals surface area contributed by atoms with Crippen LogP contribution in [0.3, 0.4) is 0 Å². The molecular formula is C11H21N3S3. The second-order valence-electron chi connectivity index (χ2n) is 3.76. The van der Waals surface area contributed by atoms with Crippen molar-refractivity contribution in [2.75, 3.05) is 35.9 Å². The predicted molar refractivity (Wildman–Crippen MR) is 83.6 cm³/mol. The van der Waals surface area contributed by atoms with E-state index in [0.717, 1.165) is 16.4 Å². The number of aromatic nitrogens is 1. The Labute approximate surface area is 116 Å². The SMILES string of the molecule is CSCCCCCCNc1snc(N)c1SC. The number of nitrogens with one attached hydrogen (secondary N) is 1. The Morgan fingerprint density at radius 1 is 1.24 bits per heavy atom. The Morgan fingerprint density at radius 3 is 2.71 bits per heavy atom. The van der Waals surface area contributed by atoms with E-state index in [1.165, 1.54) is 43.0 Å². The Kier molecular flexibility index (Phi) is 7.88. The van der Waals surface area contributed by atoms with E-state index in [2.05, 4.69) is 15.9 Å². The normalized spacial score (nSPS) is 10.7. The van der Waals surface area contributed by atoms with E-state index in [1.807, 2.05) is 18.0 Å². The average molecular weight is 292 g/mol. The molecule has 0 unspecified atom stereocenters. The van der Waals surface area contributed by atoms with Crippen molar-refractivity contribution in [1.29, 1.82) is 0 Å². The summed E-state index contributed by atoms with van der Waals surface area (Å²) in [5.41, 5.74) is 5.77. The summed E-state index contributed by atoms with van der Waals surface area (Å²) in [7, 11) is 0. The van der Waals surface area contributed by atoms with Crippen LogP contribution in [0.5, 0.6) is 0 Å². The van der Waals surface area contributed by atoms with Crippen LogP contribution in [0.4, 0.5) is 10.8 Å². The van der Waals surface area contributed by atoms with Gasteiger partial charge in [-0.15, -0.1) is 11.8 Å². The van der Waals surface area contributed by atoms with Crippen molar-refractivity contribution in [3.05, 3.63) is 0 Å². The van der Waals surface area contributed by atoms with Crippen LogP contribution in [0.1, 0.15) is 25.7 Å². The van der Waals surface area contributed by atoms with Crippen LogP contribution in [0, 0.1) is 0 Å². The van der Waals surface area contributed by atoms with Crippen molar-refractivity contribution < 1.29 is 0 Å².